The fourth-order valence-electron chi connectivity index (χ4n) is 5.68. The lowest BCUT2D eigenvalue weighted by atomic mass is 9.86. The lowest BCUT2D eigenvalue weighted by Crippen LogP contribution is -2.41. The van der Waals surface area contributed by atoms with Gasteiger partial charge in [-0.1, -0.05) is 56.4 Å². The summed E-state index contributed by atoms with van der Waals surface area (Å²) in [6.45, 7) is 2.67. The van der Waals surface area contributed by atoms with Crippen LogP contribution in [0.1, 0.15) is 63.9 Å². The van der Waals surface area contributed by atoms with Gasteiger partial charge in [0.15, 0.2) is 0 Å². The maximum Gasteiger partial charge on any atom is 0.321 e. The van der Waals surface area contributed by atoms with Crippen LogP contribution >= 0.6 is 0 Å². The van der Waals surface area contributed by atoms with Crippen LogP contribution in [0.2, 0.25) is 0 Å². The number of carbonyl (C=O) groups excluding carboxylic acids is 2. The highest BCUT2D eigenvalue weighted by Crippen LogP contribution is 2.38. The molecule has 6 heteroatoms. The largest absolute Gasteiger partial charge is 0.491 e. The van der Waals surface area contributed by atoms with E-state index < -0.39 is 11.4 Å². The summed E-state index contributed by atoms with van der Waals surface area (Å²) in [6.07, 6.45) is 9.02. The van der Waals surface area contributed by atoms with Gasteiger partial charge in [-0.2, -0.15) is 5.26 Å². The average molecular weight is 489 g/mol. The van der Waals surface area contributed by atoms with Crippen LogP contribution in [0.25, 0.3) is 11.1 Å². The quantitative estimate of drug-likeness (QED) is 0.332. The van der Waals surface area contributed by atoms with E-state index in [2.05, 4.69) is 6.07 Å². The van der Waals surface area contributed by atoms with Crippen LogP contribution in [0.4, 0.5) is 0 Å². The summed E-state index contributed by atoms with van der Waals surface area (Å²) in [7, 11) is 1.34. The molecule has 2 fully saturated rings. The number of nitrogens with zero attached hydrogens (tertiary/aromatic N) is 2. The molecule has 2 aromatic carbocycles. The Balaban J connectivity index is 1.39. The van der Waals surface area contributed by atoms with Gasteiger partial charge in [0.05, 0.1) is 24.8 Å². The van der Waals surface area contributed by atoms with Gasteiger partial charge < -0.3 is 14.4 Å². The number of amides is 1. The molecule has 0 radical (unpaired) electrons. The molecular weight excluding hydrogens is 452 g/mol. The van der Waals surface area contributed by atoms with Crippen molar-refractivity contribution in [3.63, 3.8) is 0 Å². The molecule has 2 aromatic rings. The van der Waals surface area contributed by atoms with E-state index in [0.717, 1.165) is 29.9 Å². The minimum atomic E-state index is -1.16. The number of hydrogen-bond acceptors (Lipinski definition) is 5. The molecule has 1 saturated heterocycles. The Hall–Kier alpha value is -3.33. The number of methoxy groups -OCH3 is 1. The smallest absolute Gasteiger partial charge is 0.321 e. The highest BCUT2D eigenvalue weighted by molar-refractivity contribution is 6.04. The molecule has 1 saturated carbocycles. The summed E-state index contributed by atoms with van der Waals surface area (Å²) in [6, 6.07) is 17.2. The molecule has 1 heterocycles. The van der Waals surface area contributed by atoms with Crippen LogP contribution in [0.5, 0.6) is 5.75 Å². The molecule has 2 atom stereocenters. The molecule has 36 heavy (non-hydrogen) atoms. The lowest BCUT2D eigenvalue weighted by Gasteiger charge is -2.27. The molecule has 0 N–H and O–H groups in total. The summed E-state index contributed by atoms with van der Waals surface area (Å²) in [5, 5.41) is 8.99. The van der Waals surface area contributed by atoms with Crippen molar-refractivity contribution in [2.24, 2.45) is 11.3 Å². The first-order valence-electron chi connectivity index (χ1n) is 13.1. The van der Waals surface area contributed by atoms with E-state index in [1.807, 2.05) is 41.3 Å². The molecule has 1 amide bonds. The summed E-state index contributed by atoms with van der Waals surface area (Å²) in [5.41, 5.74) is 1.53. The number of likely N-dealkylation sites (tertiary alicyclic amines) is 1. The Bertz CT molecular complexity index is 1080. The van der Waals surface area contributed by atoms with Crippen molar-refractivity contribution in [2.45, 2.75) is 64.3 Å². The highest BCUT2D eigenvalue weighted by Gasteiger charge is 2.54. The van der Waals surface area contributed by atoms with Crippen molar-refractivity contribution in [3.05, 3.63) is 54.1 Å². The Kier molecular flexibility index (Phi) is 8.30. The Morgan fingerprint density at radius 2 is 1.69 bits per heavy atom. The standard InChI is InChI=1S/C30H36N2O4/c1-30(29(34)35-2)19-26(32(28(30)33)18-6-9-22-7-4-3-5-8-22)21-36-27-16-14-25(15-17-27)24-12-10-23(20-31)11-13-24/h10-17,22,26H,3-9,18-19,21H2,1-2H3/t26-,30-/m0/s1. The van der Waals surface area contributed by atoms with Gasteiger partial charge in [0.2, 0.25) is 5.91 Å². The lowest BCUT2D eigenvalue weighted by molar-refractivity contribution is -0.157. The van der Waals surface area contributed by atoms with Crippen LogP contribution in [0.15, 0.2) is 48.5 Å². The molecule has 0 unspecified atom stereocenters. The fraction of sp³-hybridized carbons (Fsp3) is 0.500. The van der Waals surface area contributed by atoms with E-state index in [1.54, 1.807) is 19.1 Å². The van der Waals surface area contributed by atoms with Gasteiger partial charge in [0, 0.05) is 6.54 Å². The third-order valence-corrected chi connectivity index (χ3v) is 7.83. The molecule has 1 aliphatic carbocycles. The predicted molar refractivity (Wildman–Crippen MR) is 138 cm³/mol. The second-order valence-corrected chi connectivity index (χ2v) is 10.4. The van der Waals surface area contributed by atoms with Crippen molar-refractivity contribution in [1.29, 1.82) is 5.26 Å². The maximum atomic E-state index is 13.3. The van der Waals surface area contributed by atoms with Gasteiger partial charge >= 0.3 is 5.97 Å². The van der Waals surface area contributed by atoms with E-state index in [9.17, 15) is 9.59 Å². The molecule has 190 valence electrons. The molecule has 0 aromatic heterocycles. The van der Waals surface area contributed by atoms with Crippen molar-refractivity contribution in [3.8, 4) is 22.9 Å². The zero-order valence-corrected chi connectivity index (χ0v) is 21.4. The average Bonchev–Trinajstić information content (AvgIpc) is 3.18. The minimum Gasteiger partial charge on any atom is -0.491 e. The second-order valence-electron chi connectivity index (χ2n) is 10.4. The van der Waals surface area contributed by atoms with Gasteiger partial charge in [0.1, 0.15) is 17.8 Å². The van der Waals surface area contributed by atoms with Gasteiger partial charge in [-0.3, -0.25) is 9.59 Å². The maximum absolute atomic E-state index is 13.3. The normalized spacial score (nSPS) is 22.3. The van der Waals surface area contributed by atoms with Crippen LogP contribution in [0, 0.1) is 22.7 Å². The first kappa shape index (κ1) is 25.8. The SMILES string of the molecule is COC(=O)[C@@]1(C)C[C@@H](COc2ccc(-c3ccc(C#N)cc3)cc2)N(CCCC2CCCCC2)C1=O. The number of esters is 1. The molecular formula is C30H36N2O4. The van der Waals surface area contributed by atoms with Crippen molar-refractivity contribution in [2.75, 3.05) is 20.3 Å². The Labute approximate surface area is 214 Å². The van der Waals surface area contributed by atoms with Crippen molar-refractivity contribution in [1.82, 2.24) is 4.90 Å². The van der Waals surface area contributed by atoms with Crippen LogP contribution in [-0.2, 0) is 14.3 Å². The van der Waals surface area contributed by atoms with E-state index in [4.69, 9.17) is 14.7 Å². The zero-order valence-electron chi connectivity index (χ0n) is 21.4. The third-order valence-electron chi connectivity index (χ3n) is 7.83. The monoisotopic (exact) mass is 488 g/mol. The number of nitriles is 1. The zero-order chi connectivity index (χ0) is 25.5. The van der Waals surface area contributed by atoms with Gasteiger partial charge in [-0.15, -0.1) is 0 Å². The minimum absolute atomic E-state index is 0.150. The van der Waals surface area contributed by atoms with E-state index in [0.29, 0.717) is 30.9 Å². The fourth-order valence-corrected chi connectivity index (χ4v) is 5.68. The topological polar surface area (TPSA) is 79.6 Å². The molecule has 4 rings (SSSR count). The number of benzene rings is 2. The van der Waals surface area contributed by atoms with Crippen LogP contribution in [0.3, 0.4) is 0 Å². The van der Waals surface area contributed by atoms with E-state index in [1.165, 1.54) is 39.2 Å². The second kappa shape index (κ2) is 11.6. The number of rotatable bonds is 9. The summed E-state index contributed by atoms with van der Waals surface area (Å²) < 4.78 is 11.1. The number of hydrogen-bond donors (Lipinski definition) is 0. The molecule has 6 nitrogen and oxygen atoms in total. The third kappa shape index (κ3) is 5.73. The molecule has 0 spiro atoms. The Morgan fingerprint density at radius 3 is 2.31 bits per heavy atom. The predicted octanol–water partition coefficient (Wildman–Crippen LogP) is 5.74. The van der Waals surface area contributed by atoms with Crippen LogP contribution in [-0.4, -0.2) is 43.1 Å². The first-order chi connectivity index (χ1) is 17.4. The van der Waals surface area contributed by atoms with Crippen molar-refractivity contribution < 1.29 is 19.1 Å². The molecule has 1 aliphatic heterocycles. The van der Waals surface area contributed by atoms with Gasteiger partial charge in [-0.05, 0) is 67.5 Å². The van der Waals surface area contributed by atoms with E-state index in [-0.39, 0.29) is 11.9 Å². The van der Waals surface area contributed by atoms with Gasteiger partial charge in [0.25, 0.3) is 0 Å². The van der Waals surface area contributed by atoms with E-state index >= 15 is 0 Å². The first-order valence-corrected chi connectivity index (χ1v) is 13.1. The summed E-state index contributed by atoms with van der Waals surface area (Å²) >= 11 is 0. The van der Waals surface area contributed by atoms with Crippen molar-refractivity contribution >= 4 is 11.9 Å². The highest BCUT2D eigenvalue weighted by atomic mass is 16.5. The molecule has 2 aliphatic rings. The summed E-state index contributed by atoms with van der Waals surface area (Å²) in [4.78, 5) is 27.7. The molecule has 0 bridgehead atoms. The number of ether oxygens (including phenoxy) is 2. The Morgan fingerprint density at radius 1 is 1.06 bits per heavy atom. The number of carbonyl (C=O) groups is 2. The van der Waals surface area contributed by atoms with Crippen LogP contribution < -0.4 is 4.74 Å². The van der Waals surface area contributed by atoms with Gasteiger partial charge in [-0.25, -0.2) is 0 Å². The summed E-state index contributed by atoms with van der Waals surface area (Å²) in [5.74, 6) is 0.850.